The van der Waals surface area contributed by atoms with E-state index < -0.39 is 15.9 Å². The number of hydrogen-bond donors (Lipinski definition) is 1. The van der Waals surface area contributed by atoms with Crippen molar-refractivity contribution in [3.63, 3.8) is 0 Å². The average Bonchev–Trinajstić information content (AvgIpc) is 3.11. The molecule has 0 atom stereocenters. The number of sulfonamides is 1. The van der Waals surface area contributed by atoms with Gasteiger partial charge in [0, 0.05) is 13.1 Å². The fourth-order valence-corrected chi connectivity index (χ4v) is 5.48. The number of anilines is 1. The number of benzene rings is 2. The molecule has 9 nitrogen and oxygen atoms in total. The molecular weight excluding hydrogens is 444 g/mol. The van der Waals surface area contributed by atoms with Gasteiger partial charge in [0.15, 0.2) is 0 Å². The Bertz CT molecular complexity index is 1330. The molecule has 33 heavy (non-hydrogen) atoms. The summed E-state index contributed by atoms with van der Waals surface area (Å²) < 4.78 is 34.3. The Morgan fingerprint density at radius 1 is 1.09 bits per heavy atom. The van der Waals surface area contributed by atoms with Crippen molar-refractivity contribution in [3.8, 4) is 5.75 Å². The second-order valence-electron chi connectivity index (χ2n) is 7.92. The lowest BCUT2D eigenvalue weighted by Gasteiger charge is -2.21. The van der Waals surface area contributed by atoms with Crippen LogP contribution in [0.4, 0.5) is 5.69 Å². The van der Waals surface area contributed by atoms with Crippen molar-refractivity contribution in [2.75, 3.05) is 25.5 Å². The summed E-state index contributed by atoms with van der Waals surface area (Å²) in [6.07, 6.45) is 5.00. The van der Waals surface area contributed by atoms with Crippen molar-refractivity contribution >= 4 is 32.5 Å². The third-order valence-electron chi connectivity index (χ3n) is 5.69. The highest BCUT2D eigenvalue weighted by Crippen LogP contribution is 2.30. The monoisotopic (exact) mass is 470 g/mol. The smallest absolute Gasteiger partial charge is 0.261 e. The van der Waals surface area contributed by atoms with Crippen LogP contribution in [-0.2, 0) is 21.4 Å². The summed E-state index contributed by atoms with van der Waals surface area (Å²) in [5, 5.41) is 3.09. The fourth-order valence-electron chi connectivity index (χ4n) is 3.94. The summed E-state index contributed by atoms with van der Waals surface area (Å²) >= 11 is 0. The van der Waals surface area contributed by atoms with Crippen molar-refractivity contribution in [1.82, 2.24) is 13.9 Å². The maximum Gasteiger partial charge on any atom is 0.261 e. The first kappa shape index (κ1) is 22.9. The van der Waals surface area contributed by atoms with Crippen LogP contribution in [0.2, 0.25) is 0 Å². The zero-order chi connectivity index (χ0) is 23.4. The zero-order valence-corrected chi connectivity index (χ0v) is 19.2. The number of hydrogen-bond acceptors (Lipinski definition) is 6. The number of carbonyl (C=O) groups excluding carboxylic acids is 1. The molecule has 1 aliphatic rings. The Morgan fingerprint density at radius 2 is 1.82 bits per heavy atom. The third kappa shape index (κ3) is 4.91. The molecule has 1 aliphatic heterocycles. The number of para-hydroxylation sites is 1. The Kier molecular flexibility index (Phi) is 6.75. The van der Waals surface area contributed by atoms with Gasteiger partial charge < -0.3 is 10.1 Å². The van der Waals surface area contributed by atoms with Crippen molar-refractivity contribution < 1.29 is 17.9 Å². The molecule has 1 amide bonds. The highest BCUT2D eigenvalue weighted by atomic mass is 32.2. The average molecular weight is 471 g/mol. The quantitative estimate of drug-likeness (QED) is 0.593. The highest BCUT2D eigenvalue weighted by molar-refractivity contribution is 7.89. The molecular formula is C23H26N4O5S. The SMILES string of the molecule is COc1ccc(S(=O)(=O)N2CCCCCC2)cc1NC(=O)Cn1cnc2ccccc2c1=O. The molecule has 10 heteroatoms. The number of aromatic nitrogens is 2. The van der Waals surface area contributed by atoms with Crippen LogP contribution in [0.15, 0.2) is 58.5 Å². The number of nitrogens with one attached hydrogen (secondary N) is 1. The number of fused-ring (bicyclic) bond motifs is 1. The van der Waals surface area contributed by atoms with Gasteiger partial charge in [-0.2, -0.15) is 4.31 Å². The van der Waals surface area contributed by atoms with Crippen LogP contribution < -0.4 is 15.6 Å². The van der Waals surface area contributed by atoms with Crippen molar-refractivity contribution in [2.24, 2.45) is 0 Å². The molecule has 174 valence electrons. The molecule has 0 unspecified atom stereocenters. The lowest BCUT2D eigenvalue weighted by Crippen LogP contribution is -2.32. The number of rotatable bonds is 6. The van der Waals surface area contributed by atoms with Gasteiger partial charge >= 0.3 is 0 Å². The largest absolute Gasteiger partial charge is 0.495 e. The molecule has 2 heterocycles. The summed E-state index contributed by atoms with van der Waals surface area (Å²) in [6.45, 7) is 0.685. The molecule has 1 fully saturated rings. The topological polar surface area (TPSA) is 111 Å². The maximum atomic E-state index is 13.2. The lowest BCUT2D eigenvalue weighted by atomic mass is 10.2. The van der Waals surface area contributed by atoms with E-state index in [4.69, 9.17) is 4.74 Å². The standard InChI is InChI=1S/C23H26N4O5S/c1-32-21-11-10-17(33(30,31)27-12-6-2-3-7-13-27)14-20(21)25-22(28)15-26-16-24-19-9-5-4-8-18(19)23(26)29/h4-5,8-11,14,16H,2-3,6-7,12-13,15H2,1H3,(H,25,28). The third-order valence-corrected chi connectivity index (χ3v) is 7.59. The second kappa shape index (κ2) is 9.72. The van der Waals surface area contributed by atoms with Gasteiger partial charge in [-0.1, -0.05) is 25.0 Å². The molecule has 4 rings (SSSR count). The van der Waals surface area contributed by atoms with Crippen LogP contribution >= 0.6 is 0 Å². The van der Waals surface area contributed by atoms with Gasteiger partial charge in [-0.15, -0.1) is 0 Å². The zero-order valence-electron chi connectivity index (χ0n) is 18.4. The first-order valence-electron chi connectivity index (χ1n) is 10.8. The summed E-state index contributed by atoms with van der Waals surface area (Å²) in [5.41, 5.74) is 0.438. The summed E-state index contributed by atoms with van der Waals surface area (Å²) in [4.78, 5) is 29.7. The molecule has 2 aromatic carbocycles. The number of nitrogens with zero attached hydrogens (tertiary/aromatic N) is 3. The number of carbonyl (C=O) groups is 1. The van der Waals surface area contributed by atoms with E-state index in [1.165, 1.54) is 40.5 Å². The lowest BCUT2D eigenvalue weighted by molar-refractivity contribution is -0.116. The molecule has 3 aromatic rings. The van der Waals surface area contributed by atoms with Crippen molar-refractivity contribution in [1.29, 1.82) is 0 Å². The first-order chi connectivity index (χ1) is 15.9. The molecule has 0 bridgehead atoms. The predicted octanol–water partition coefficient (Wildman–Crippen LogP) is 2.61. The van der Waals surface area contributed by atoms with E-state index in [-0.39, 0.29) is 22.7 Å². The van der Waals surface area contributed by atoms with E-state index in [2.05, 4.69) is 10.3 Å². The number of methoxy groups -OCH3 is 1. The van der Waals surface area contributed by atoms with Crippen molar-refractivity contribution in [3.05, 3.63) is 59.1 Å². The van der Waals surface area contributed by atoms with E-state index >= 15 is 0 Å². The second-order valence-corrected chi connectivity index (χ2v) is 9.86. The molecule has 0 spiro atoms. The molecule has 0 aliphatic carbocycles. The Balaban J connectivity index is 1.58. The minimum Gasteiger partial charge on any atom is -0.495 e. The maximum absolute atomic E-state index is 13.2. The molecule has 1 N–H and O–H groups in total. The Hall–Kier alpha value is -3.24. The fraction of sp³-hybridized carbons (Fsp3) is 0.348. The van der Waals surface area contributed by atoms with Gasteiger partial charge in [-0.3, -0.25) is 14.2 Å². The van der Waals surface area contributed by atoms with Gasteiger partial charge in [0.1, 0.15) is 12.3 Å². The summed E-state index contributed by atoms with van der Waals surface area (Å²) in [6, 6.07) is 11.3. The molecule has 1 aromatic heterocycles. The summed E-state index contributed by atoms with van der Waals surface area (Å²) in [5.74, 6) is -0.182. The van der Waals surface area contributed by atoms with Gasteiger partial charge in [0.25, 0.3) is 5.56 Å². The molecule has 0 saturated carbocycles. The van der Waals surface area contributed by atoms with Crippen LogP contribution in [0.1, 0.15) is 25.7 Å². The Labute approximate surface area is 192 Å². The summed E-state index contributed by atoms with van der Waals surface area (Å²) in [7, 11) is -2.26. The predicted molar refractivity (Wildman–Crippen MR) is 125 cm³/mol. The number of ether oxygens (including phenoxy) is 1. The van der Waals surface area contributed by atoms with E-state index in [0.717, 1.165) is 25.7 Å². The van der Waals surface area contributed by atoms with E-state index in [1.807, 2.05) is 0 Å². The van der Waals surface area contributed by atoms with Crippen LogP contribution in [0.3, 0.4) is 0 Å². The first-order valence-corrected chi connectivity index (χ1v) is 12.3. The van der Waals surface area contributed by atoms with Gasteiger partial charge in [-0.05, 0) is 43.2 Å². The van der Waals surface area contributed by atoms with Crippen LogP contribution in [0.5, 0.6) is 5.75 Å². The van der Waals surface area contributed by atoms with Crippen LogP contribution in [0, 0.1) is 0 Å². The molecule has 1 saturated heterocycles. The molecule has 0 radical (unpaired) electrons. The van der Waals surface area contributed by atoms with Gasteiger partial charge in [-0.25, -0.2) is 13.4 Å². The normalized spacial score (nSPS) is 15.2. The van der Waals surface area contributed by atoms with Gasteiger partial charge in [0.2, 0.25) is 15.9 Å². The minimum atomic E-state index is -3.70. The highest BCUT2D eigenvalue weighted by Gasteiger charge is 2.26. The number of amides is 1. The van der Waals surface area contributed by atoms with Crippen molar-refractivity contribution in [2.45, 2.75) is 37.1 Å². The minimum absolute atomic E-state index is 0.0880. The van der Waals surface area contributed by atoms with E-state index in [1.54, 1.807) is 24.3 Å². The van der Waals surface area contributed by atoms with Crippen LogP contribution in [-0.4, -0.2) is 48.4 Å². The van der Waals surface area contributed by atoms with Gasteiger partial charge in [0.05, 0.1) is 34.9 Å². The van der Waals surface area contributed by atoms with E-state index in [9.17, 15) is 18.0 Å². The van der Waals surface area contributed by atoms with Crippen LogP contribution in [0.25, 0.3) is 10.9 Å². The Morgan fingerprint density at radius 3 is 2.55 bits per heavy atom. The van der Waals surface area contributed by atoms with E-state index in [0.29, 0.717) is 29.7 Å².